The van der Waals surface area contributed by atoms with Gasteiger partial charge in [-0.3, -0.25) is 9.59 Å². The summed E-state index contributed by atoms with van der Waals surface area (Å²) in [6, 6.07) is 9.73. The Morgan fingerprint density at radius 2 is 1.88 bits per heavy atom. The van der Waals surface area contributed by atoms with E-state index in [2.05, 4.69) is 18.5 Å². The molecule has 1 aliphatic rings. The molecule has 7 nitrogen and oxygen atoms in total. The molecule has 0 saturated carbocycles. The van der Waals surface area contributed by atoms with Gasteiger partial charge in [0.05, 0.1) is 6.54 Å². The lowest BCUT2D eigenvalue weighted by molar-refractivity contribution is 0.0985. The van der Waals surface area contributed by atoms with E-state index in [-0.39, 0.29) is 18.0 Å². The van der Waals surface area contributed by atoms with Gasteiger partial charge < -0.3 is 20.1 Å². The topological polar surface area (TPSA) is 83.4 Å². The quantitative estimate of drug-likeness (QED) is 0.629. The summed E-state index contributed by atoms with van der Waals surface area (Å²) >= 11 is 0. The van der Waals surface area contributed by atoms with Gasteiger partial charge in [0.25, 0.3) is 11.5 Å². The SMILES string of the molecule is C=C/C(F)=C(/NC(=O)NCc1ccc(C(=O)N2CCCCc3ccccc32)c(=O)n1C)C(=C)F. The Kier molecular flexibility index (Phi) is 7.78. The molecule has 178 valence electrons. The van der Waals surface area contributed by atoms with E-state index in [0.29, 0.717) is 12.2 Å². The zero-order chi connectivity index (χ0) is 24.8. The molecule has 9 heteroatoms. The van der Waals surface area contributed by atoms with Crippen LogP contribution in [0.5, 0.6) is 0 Å². The molecule has 3 amide bonds. The van der Waals surface area contributed by atoms with E-state index >= 15 is 0 Å². The van der Waals surface area contributed by atoms with Gasteiger partial charge in [-0.1, -0.05) is 31.4 Å². The van der Waals surface area contributed by atoms with Crippen molar-refractivity contribution in [3.8, 4) is 0 Å². The Bertz CT molecular complexity index is 1230. The first-order chi connectivity index (χ1) is 16.2. The number of fused-ring (bicyclic) bond motifs is 1. The van der Waals surface area contributed by atoms with Gasteiger partial charge in [-0.15, -0.1) is 0 Å². The fourth-order valence-corrected chi connectivity index (χ4v) is 3.75. The Balaban J connectivity index is 1.77. The molecule has 34 heavy (non-hydrogen) atoms. The normalized spacial score (nSPS) is 13.8. The second kappa shape index (κ2) is 10.7. The number of amides is 3. The number of urea groups is 1. The second-order valence-corrected chi connectivity index (χ2v) is 7.78. The van der Waals surface area contributed by atoms with E-state index in [1.54, 1.807) is 11.0 Å². The maximum atomic E-state index is 13.6. The highest BCUT2D eigenvalue weighted by Crippen LogP contribution is 2.27. The number of rotatable bonds is 6. The number of para-hydroxylation sites is 1. The molecular formula is C25H26F2N4O3. The minimum Gasteiger partial charge on any atom is -0.332 e. The summed E-state index contributed by atoms with van der Waals surface area (Å²) in [6.45, 7) is 6.54. The van der Waals surface area contributed by atoms with Crippen LogP contribution in [0.2, 0.25) is 0 Å². The monoisotopic (exact) mass is 468 g/mol. The molecule has 1 aromatic heterocycles. The molecule has 1 aromatic carbocycles. The predicted octanol–water partition coefficient (Wildman–Crippen LogP) is 4.02. The molecule has 2 heterocycles. The molecule has 0 saturated heterocycles. The molecule has 0 bridgehead atoms. The highest BCUT2D eigenvalue weighted by Gasteiger charge is 2.25. The van der Waals surface area contributed by atoms with Gasteiger partial charge in [-0.25, -0.2) is 13.6 Å². The van der Waals surface area contributed by atoms with Crippen molar-refractivity contribution >= 4 is 17.6 Å². The first-order valence-corrected chi connectivity index (χ1v) is 10.7. The molecule has 0 spiro atoms. The van der Waals surface area contributed by atoms with Crippen molar-refractivity contribution in [1.29, 1.82) is 0 Å². The van der Waals surface area contributed by atoms with Gasteiger partial charge in [0.1, 0.15) is 22.9 Å². The number of hydrogen-bond acceptors (Lipinski definition) is 3. The minimum absolute atomic E-state index is 0.0133. The Hall–Kier alpha value is -4.01. The second-order valence-electron chi connectivity index (χ2n) is 7.78. The van der Waals surface area contributed by atoms with Crippen LogP contribution in [-0.2, 0) is 20.0 Å². The van der Waals surface area contributed by atoms with Gasteiger partial charge in [-0.05, 0) is 49.1 Å². The zero-order valence-electron chi connectivity index (χ0n) is 18.9. The lowest BCUT2D eigenvalue weighted by Gasteiger charge is -2.23. The zero-order valence-corrected chi connectivity index (χ0v) is 18.9. The van der Waals surface area contributed by atoms with Crippen LogP contribution < -0.4 is 21.1 Å². The molecule has 3 rings (SSSR count). The summed E-state index contributed by atoms with van der Waals surface area (Å²) in [5.41, 5.74) is 1.02. The van der Waals surface area contributed by atoms with Crippen LogP contribution in [0.3, 0.4) is 0 Å². The first-order valence-electron chi connectivity index (χ1n) is 10.7. The average Bonchev–Trinajstić information content (AvgIpc) is 3.05. The fourth-order valence-electron chi connectivity index (χ4n) is 3.75. The van der Waals surface area contributed by atoms with Gasteiger partial charge in [-0.2, -0.15) is 0 Å². The van der Waals surface area contributed by atoms with Gasteiger partial charge in [0.2, 0.25) is 0 Å². The number of allylic oxidation sites excluding steroid dienone is 3. The predicted molar refractivity (Wildman–Crippen MR) is 127 cm³/mol. The van der Waals surface area contributed by atoms with Crippen molar-refractivity contribution in [2.24, 2.45) is 7.05 Å². The van der Waals surface area contributed by atoms with Crippen molar-refractivity contribution < 1.29 is 18.4 Å². The largest absolute Gasteiger partial charge is 0.332 e. The van der Waals surface area contributed by atoms with E-state index < -0.39 is 28.9 Å². The summed E-state index contributed by atoms with van der Waals surface area (Å²) in [5.74, 6) is -2.63. The smallest absolute Gasteiger partial charge is 0.319 e. The lowest BCUT2D eigenvalue weighted by atomic mass is 10.1. The fraction of sp³-hybridized carbons (Fsp3) is 0.240. The summed E-state index contributed by atoms with van der Waals surface area (Å²) in [6.07, 6.45) is 3.39. The van der Waals surface area contributed by atoms with Gasteiger partial charge in [0.15, 0.2) is 0 Å². The highest BCUT2D eigenvalue weighted by atomic mass is 19.1. The van der Waals surface area contributed by atoms with Gasteiger partial charge >= 0.3 is 6.03 Å². The number of carbonyl (C=O) groups is 2. The number of nitrogens with one attached hydrogen (secondary N) is 2. The van der Waals surface area contributed by atoms with E-state index in [0.717, 1.165) is 36.6 Å². The highest BCUT2D eigenvalue weighted by molar-refractivity contribution is 6.06. The molecule has 0 fully saturated rings. The third kappa shape index (κ3) is 5.31. The van der Waals surface area contributed by atoms with Crippen molar-refractivity contribution in [3.05, 3.63) is 100 Å². The molecule has 0 atom stereocenters. The Labute approximate surface area is 196 Å². The van der Waals surface area contributed by atoms with E-state index in [4.69, 9.17) is 0 Å². The van der Waals surface area contributed by atoms with Crippen LogP contribution in [0.25, 0.3) is 0 Å². The van der Waals surface area contributed by atoms with Crippen LogP contribution in [-0.4, -0.2) is 23.1 Å². The summed E-state index contributed by atoms with van der Waals surface area (Å²) in [5, 5.41) is 4.44. The summed E-state index contributed by atoms with van der Waals surface area (Å²) < 4.78 is 28.2. The molecular weight excluding hydrogens is 442 g/mol. The Morgan fingerprint density at radius 1 is 1.15 bits per heavy atom. The van der Waals surface area contributed by atoms with E-state index in [1.165, 1.54) is 17.7 Å². The number of benzene rings is 1. The lowest BCUT2D eigenvalue weighted by Crippen LogP contribution is -2.39. The van der Waals surface area contributed by atoms with Crippen LogP contribution in [0.15, 0.2) is 77.8 Å². The number of nitrogens with zero attached hydrogens (tertiary/aromatic N) is 2. The van der Waals surface area contributed by atoms with Gasteiger partial charge in [0, 0.05) is 25.0 Å². The molecule has 2 aromatic rings. The van der Waals surface area contributed by atoms with Crippen LogP contribution in [0.4, 0.5) is 19.3 Å². The van der Waals surface area contributed by atoms with Crippen molar-refractivity contribution in [2.45, 2.75) is 25.8 Å². The van der Waals surface area contributed by atoms with E-state index in [1.807, 2.05) is 29.6 Å². The van der Waals surface area contributed by atoms with Crippen LogP contribution in [0, 0.1) is 0 Å². The maximum Gasteiger partial charge on any atom is 0.319 e. The maximum absolute atomic E-state index is 13.6. The molecule has 1 aliphatic heterocycles. The van der Waals surface area contributed by atoms with Crippen molar-refractivity contribution in [2.75, 3.05) is 11.4 Å². The molecule has 0 aliphatic carbocycles. The van der Waals surface area contributed by atoms with Crippen molar-refractivity contribution in [3.63, 3.8) is 0 Å². The molecule has 0 radical (unpaired) electrons. The van der Waals surface area contributed by atoms with Crippen LogP contribution in [0.1, 0.15) is 34.5 Å². The number of pyridine rings is 1. The Morgan fingerprint density at radius 3 is 2.59 bits per heavy atom. The average molecular weight is 469 g/mol. The number of aromatic nitrogens is 1. The van der Waals surface area contributed by atoms with Crippen LogP contribution >= 0.6 is 0 Å². The minimum atomic E-state index is -1.17. The molecule has 2 N–H and O–H groups in total. The number of carbonyl (C=O) groups excluding carboxylic acids is 2. The molecule has 0 unspecified atom stereocenters. The van der Waals surface area contributed by atoms with Crippen molar-refractivity contribution in [1.82, 2.24) is 15.2 Å². The standard InChI is InChI=1S/C25H26F2N4O3/c1-4-20(27)22(16(2)26)29-25(34)28-15-18-12-13-19(23(32)30(18)3)24(33)31-14-8-7-10-17-9-5-6-11-21(17)31/h4-6,9,11-13H,1-2,7-8,10,14-15H2,3H3,(H2,28,29,34)/b22-20-. The van der Waals surface area contributed by atoms with E-state index in [9.17, 15) is 23.2 Å². The third-order valence-corrected chi connectivity index (χ3v) is 5.60. The summed E-state index contributed by atoms with van der Waals surface area (Å²) in [4.78, 5) is 40.0. The number of anilines is 1. The third-order valence-electron chi connectivity index (χ3n) is 5.60. The number of halogens is 2. The summed E-state index contributed by atoms with van der Waals surface area (Å²) in [7, 11) is 1.48. The number of aryl methyl sites for hydroxylation is 1. The number of hydrogen-bond donors (Lipinski definition) is 2. The first kappa shape index (κ1) is 24.6.